The van der Waals surface area contributed by atoms with Gasteiger partial charge in [-0.15, -0.1) is 0 Å². The number of fused-ring (bicyclic) bond motifs is 1. The Morgan fingerprint density at radius 2 is 2.04 bits per heavy atom. The standard InChI is InChI=1S/C18H18N4O/c1-2-21(14-8-9-14)18(23)15-12-20-22-16(10-11-19-17(15)22)13-6-4-3-5-7-13/h3-7,10-12,14H,2,8-9H2,1H3. The molecule has 23 heavy (non-hydrogen) atoms. The number of hydrogen-bond donors (Lipinski definition) is 0. The van der Waals surface area contributed by atoms with E-state index in [0.717, 1.165) is 30.6 Å². The van der Waals surface area contributed by atoms with Gasteiger partial charge >= 0.3 is 0 Å². The van der Waals surface area contributed by atoms with Crippen LogP contribution in [0.1, 0.15) is 30.1 Å². The fourth-order valence-corrected chi connectivity index (χ4v) is 2.98. The molecule has 3 aromatic rings. The Morgan fingerprint density at radius 3 is 2.74 bits per heavy atom. The molecule has 1 aromatic carbocycles. The van der Waals surface area contributed by atoms with Gasteiger partial charge in [-0.25, -0.2) is 9.50 Å². The number of carbonyl (C=O) groups excluding carboxylic acids is 1. The van der Waals surface area contributed by atoms with Gasteiger partial charge in [0.05, 0.1) is 11.9 Å². The van der Waals surface area contributed by atoms with Gasteiger partial charge in [-0.05, 0) is 25.8 Å². The second-order valence-electron chi connectivity index (χ2n) is 5.81. The molecule has 0 aliphatic heterocycles. The van der Waals surface area contributed by atoms with Gasteiger partial charge in [0.1, 0.15) is 5.56 Å². The average molecular weight is 306 g/mol. The van der Waals surface area contributed by atoms with Crippen LogP contribution in [0.4, 0.5) is 0 Å². The topological polar surface area (TPSA) is 50.5 Å². The predicted molar refractivity (Wildman–Crippen MR) is 88.2 cm³/mol. The third-order valence-corrected chi connectivity index (χ3v) is 4.29. The SMILES string of the molecule is CCN(C(=O)c1cnn2c(-c3ccccc3)ccnc12)C1CC1. The van der Waals surface area contributed by atoms with Gasteiger partial charge in [0.25, 0.3) is 5.91 Å². The van der Waals surface area contributed by atoms with E-state index in [0.29, 0.717) is 17.3 Å². The molecule has 5 nitrogen and oxygen atoms in total. The molecule has 1 amide bonds. The zero-order valence-corrected chi connectivity index (χ0v) is 13.0. The molecule has 1 aliphatic rings. The largest absolute Gasteiger partial charge is 0.336 e. The van der Waals surface area contributed by atoms with E-state index in [2.05, 4.69) is 10.1 Å². The van der Waals surface area contributed by atoms with Gasteiger partial charge in [0.2, 0.25) is 0 Å². The molecule has 0 spiro atoms. The fraction of sp³-hybridized carbons (Fsp3) is 0.278. The zero-order valence-electron chi connectivity index (χ0n) is 13.0. The number of nitrogens with zero attached hydrogens (tertiary/aromatic N) is 4. The molecule has 1 fully saturated rings. The Balaban J connectivity index is 1.80. The van der Waals surface area contributed by atoms with E-state index in [1.165, 1.54) is 0 Å². The van der Waals surface area contributed by atoms with E-state index in [9.17, 15) is 4.79 Å². The third kappa shape index (κ3) is 2.38. The predicted octanol–water partition coefficient (Wildman–Crippen LogP) is 3.02. The number of aromatic nitrogens is 3. The number of rotatable bonds is 4. The minimum Gasteiger partial charge on any atom is -0.336 e. The second-order valence-corrected chi connectivity index (χ2v) is 5.81. The first-order valence-corrected chi connectivity index (χ1v) is 7.98. The van der Waals surface area contributed by atoms with E-state index in [1.54, 1.807) is 16.9 Å². The lowest BCUT2D eigenvalue weighted by Gasteiger charge is -2.19. The van der Waals surface area contributed by atoms with Crippen LogP contribution in [-0.2, 0) is 0 Å². The maximum Gasteiger partial charge on any atom is 0.259 e. The molecular weight excluding hydrogens is 288 g/mol. The van der Waals surface area contributed by atoms with Crippen molar-refractivity contribution in [3.8, 4) is 11.3 Å². The summed E-state index contributed by atoms with van der Waals surface area (Å²) in [5, 5.41) is 4.42. The monoisotopic (exact) mass is 306 g/mol. The van der Waals surface area contributed by atoms with Crippen molar-refractivity contribution in [3.05, 3.63) is 54.4 Å². The van der Waals surface area contributed by atoms with Crippen molar-refractivity contribution in [2.45, 2.75) is 25.8 Å². The van der Waals surface area contributed by atoms with Crippen LogP contribution < -0.4 is 0 Å². The highest BCUT2D eigenvalue weighted by molar-refractivity contribution is 6.00. The maximum absolute atomic E-state index is 12.8. The van der Waals surface area contributed by atoms with Crippen LogP contribution >= 0.6 is 0 Å². The molecule has 0 N–H and O–H groups in total. The van der Waals surface area contributed by atoms with Crippen LogP contribution in [0.5, 0.6) is 0 Å². The van der Waals surface area contributed by atoms with Crippen LogP contribution in [0.2, 0.25) is 0 Å². The highest BCUT2D eigenvalue weighted by Crippen LogP contribution is 2.29. The van der Waals surface area contributed by atoms with Gasteiger partial charge in [0, 0.05) is 24.3 Å². The van der Waals surface area contributed by atoms with Crippen molar-refractivity contribution in [3.63, 3.8) is 0 Å². The molecule has 0 unspecified atom stereocenters. The van der Waals surface area contributed by atoms with Gasteiger partial charge in [-0.2, -0.15) is 5.10 Å². The zero-order chi connectivity index (χ0) is 15.8. The minimum absolute atomic E-state index is 0.0303. The lowest BCUT2D eigenvalue weighted by atomic mass is 10.1. The lowest BCUT2D eigenvalue weighted by molar-refractivity contribution is 0.0754. The first-order chi connectivity index (χ1) is 11.3. The van der Waals surface area contributed by atoms with E-state index >= 15 is 0 Å². The Kier molecular flexibility index (Phi) is 3.33. The fourth-order valence-electron chi connectivity index (χ4n) is 2.98. The molecule has 2 aromatic heterocycles. The van der Waals surface area contributed by atoms with Crippen LogP contribution in [0.25, 0.3) is 16.9 Å². The Morgan fingerprint density at radius 1 is 1.26 bits per heavy atom. The lowest BCUT2D eigenvalue weighted by Crippen LogP contribution is -2.32. The molecular formula is C18H18N4O. The molecule has 0 radical (unpaired) electrons. The van der Waals surface area contributed by atoms with Crippen molar-refractivity contribution >= 4 is 11.6 Å². The van der Waals surface area contributed by atoms with Crippen molar-refractivity contribution < 1.29 is 4.79 Å². The summed E-state index contributed by atoms with van der Waals surface area (Å²) in [6.45, 7) is 2.74. The Labute approximate surface area is 134 Å². The average Bonchev–Trinajstić information content (AvgIpc) is 3.33. The summed E-state index contributed by atoms with van der Waals surface area (Å²) >= 11 is 0. The summed E-state index contributed by atoms with van der Waals surface area (Å²) in [5.74, 6) is 0.0303. The quantitative estimate of drug-likeness (QED) is 0.744. The smallest absolute Gasteiger partial charge is 0.259 e. The molecule has 1 saturated carbocycles. The number of amides is 1. The van der Waals surface area contributed by atoms with E-state index in [-0.39, 0.29) is 5.91 Å². The van der Waals surface area contributed by atoms with Crippen LogP contribution in [0.15, 0.2) is 48.8 Å². The van der Waals surface area contributed by atoms with Crippen molar-refractivity contribution in [1.82, 2.24) is 19.5 Å². The third-order valence-electron chi connectivity index (χ3n) is 4.29. The van der Waals surface area contributed by atoms with E-state index < -0.39 is 0 Å². The van der Waals surface area contributed by atoms with Crippen molar-refractivity contribution in [1.29, 1.82) is 0 Å². The van der Waals surface area contributed by atoms with Crippen LogP contribution in [-0.4, -0.2) is 38.0 Å². The second kappa shape index (κ2) is 5.50. The molecule has 0 bridgehead atoms. The van der Waals surface area contributed by atoms with Crippen LogP contribution in [0, 0.1) is 0 Å². The van der Waals surface area contributed by atoms with E-state index in [4.69, 9.17) is 0 Å². The van der Waals surface area contributed by atoms with Crippen LogP contribution in [0.3, 0.4) is 0 Å². The summed E-state index contributed by atoms with van der Waals surface area (Å²) in [6.07, 6.45) is 5.58. The van der Waals surface area contributed by atoms with Crippen molar-refractivity contribution in [2.75, 3.05) is 6.54 Å². The number of benzene rings is 1. The van der Waals surface area contributed by atoms with Gasteiger partial charge < -0.3 is 4.90 Å². The van der Waals surface area contributed by atoms with E-state index in [1.807, 2.05) is 48.2 Å². The summed E-state index contributed by atoms with van der Waals surface area (Å²) in [6, 6.07) is 12.3. The Bertz CT molecular complexity index is 852. The number of hydrogen-bond acceptors (Lipinski definition) is 3. The summed E-state index contributed by atoms with van der Waals surface area (Å²) in [4.78, 5) is 19.1. The molecule has 0 atom stereocenters. The molecule has 116 valence electrons. The first-order valence-electron chi connectivity index (χ1n) is 7.98. The molecule has 4 rings (SSSR count). The summed E-state index contributed by atoms with van der Waals surface area (Å²) in [5.41, 5.74) is 3.19. The molecule has 0 saturated heterocycles. The van der Waals surface area contributed by atoms with Gasteiger partial charge in [-0.3, -0.25) is 4.79 Å². The van der Waals surface area contributed by atoms with Gasteiger partial charge in [0.15, 0.2) is 5.65 Å². The maximum atomic E-state index is 12.8. The highest BCUT2D eigenvalue weighted by Gasteiger charge is 2.33. The molecule has 1 aliphatic carbocycles. The van der Waals surface area contributed by atoms with Crippen molar-refractivity contribution in [2.24, 2.45) is 0 Å². The normalized spacial score (nSPS) is 14.1. The summed E-state index contributed by atoms with van der Waals surface area (Å²) < 4.78 is 1.75. The molecule has 2 heterocycles. The van der Waals surface area contributed by atoms with Gasteiger partial charge in [-0.1, -0.05) is 30.3 Å². The Hall–Kier alpha value is -2.69. The summed E-state index contributed by atoms with van der Waals surface area (Å²) in [7, 11) is 0. The number of carbonyl (C=O) groups is 1. The highest BCUT2D eigenvalue weighted by atomic mass is 16.2. The minimum atomic E-state index is 0.0303. The molecule has 5 heteroatoms. The first kappa shape index (κ1) is 13.9.